The molecule has 2 amide bonds. The van der Waals surface area contributed by atoms with Crippen LogP contribution in [-0.2, 0) is 14.3 Å². The van der Waals surface area contributed by atoms with Crippen molar-refractivity contribution in [1.82, 2.24) is 4.90 Å². The van der Waals surface area contributed by atoms with Gasteiger partial charge in [0.25, 0.3) is 5.91 Å². The van der Waals surface area contributed by atoms with Crippen LogP contribution in [0.3, 0.4) is 0 Å². The fourth-order valence-corrected chi connectivity index (χ4v) is 2.43. The average molecular weight is 389 g/mol. The molecular formula is C20H21ClN2O4. The van der Waals surface area contributed by atoms with Gasteiger partial charge in [-0.2, -0.15) is 0 Å². The van der Waals surface area contributed by atoms with Crippen LogP contribution in [0.1, 0.15) is 21.5 Å². The van der Waals surface area contributed by atoms with Gasteiger partial charge in [-0.05, 0) is 49.2 Å². The smallest absolute Gasteiger partial charge is 0.338 e. The normalized spacial score (nSPS) is 10.2. The van der Waals surface area contributed by atoms with Gasteiger partial charge in [-0.15, -0.1) is 0 Å². The van der Waals surface area contributed by atoms with E-state index in [0.29, 0.717) is 16.3 Å². The number of benzene rings is 2. The van der Waals surface area contributed by atoms with Crippen molar-refractivity contribution in [2.24, 2.45) is 0 Å². The third kappa shape index (κ3) is 5.82. The van der Waals surface area contributed by atoms with E-state index in [2.05, 4.69) is 5.32 Å². The quantitative estimate of drug-likeness (QED) is 0.771. The minimum absolute atomic E-state index is 0.189. The van der Waals surface area contributed by atoms with Gasteiger partial charge >= 0.3 is 5.97 Å². The number of hydrogen-bond donors (Lipinski definition) is 1. The number of halogens is 1. The molecule has 6 nitrogen and oxygen atoms in total. The summed E-state index contributed by atoms with van der Waals surface area (Å²) in [6.45, 7) is 3.20. The van der Waals surface area contributed by atoms with Crippen molar-refractivity contribution in [2.75, 3.05) is 25.5 Å². The highest BCUT2D eigenvalue weighted by molar-refractivity contribution is 6.33. The summed E-state index contributed by atoms with van der Waals surface area (Å²) in [7, 11) is 1.46. The van der Waals surface area contributed by atoms with Gasteiger partial charge in [0.2, 0.25) is 5.91 Å². The number of para-hydroxylation sites is 1. The maximum absolute atomic E-state index is 12.1. The molecule has 0 saturated carbocycles. The number of ether oxygens (including phenoxy) is 1. The van der Waals surface area contributed by atoms with Crippen LogP contribution >= 0.6 is 11.6 Å². The van der Waals surface area contributed by atoms with Gasteiger partial charge in [-0.25, -0.2) is 4.79 Å². The van der Waals surface area contributed by atoms with E-state index in [1.54, 1.807) is 36.4 Å². The summed E-state index contributed by atoms with van der Waals surface area (Å²) in [5, 5.41) is 3.03. The number of nitrogens with zero attached hydrogens (tertiary/aromatic N) is 1. The van der Waals surface area contributed by atoms with Crippen LogP contribution in [0.2, 0.25) is 5.02 Å². The highest BCUT2D eigenvalue weighted by Gasteiger charge is 2.16. The molecule has 0 aliphatic rings. The van der Waals surface area contributed by atoms with Crippen LogP contribution < -0.4 is 5.32 Å². The zero-order chi connectivity index (χ0) is 20.0. The van der Waals surface area contributed by atoms with E-state index in [0.717, 1.165) is 11.1 Å². The third-order valence-electron chi connectivity index (χ3n) is 4.02. The predicted octanol–water partition coefficient (Wildman–Crippen LogP) is 3.21. The number of anilines is 1. The Hall–Kier alpha value is -2.86. The van der Waals surface area contributed by atoms with E-state index in [-0.39, 0.29) is 6.54 Å². The minimum atomic E-state index is -0.583. The molecule has 0 bridgehead atoms. The second-order valence-electron chi connectivity index (χ2n) is 6.15. The maximum atomic E-state index is 12.1. The highest BCUT2D eigenvalue weighted by atomic mass is 35.5. The lowest BCUT2D eigenvalue weighted by Gasteiger charge is -2.17. The molecule has 0 aliphatic heterocycles. The first-order valence-electron chi connectivity index (χ1n) is 8.30. The van der Waals surface area contributed by atoms with Crippen molar-refractivity contribution in [2.45, 2.75) is 13.8 Å². The molecule has 7 heteroatoms. The van der Waals surface area contributed by atoms with Crippen molar-refractivity contribution in [3.63, 3.8) is 0 Å². The Morgan fingerprint density at radius 1 is 1.07 bits per heavy atom. The number of amides is 2. The summed E-state index contributed by atoms with van der Waals surface area (Å²) in [6, 6.07) is 12.0. The van der Waals surface area contributed by atoms with Gasteiger partial charge in [-0.3, -0.25) is 9.59 Å². The molecule has 0 spiro atoms. The van der Waals surface area contributed by atoms with E-state index >= 15 is 0 Å². The largest absolute Gasteiger partial charge is 0.452 e. The Kier molecular flexibility index (Phi) is 6.96. The van der Waals surface area contributed by atoms with Gasteiger partial charge < -0.3 is 15.0 Å². The molecule has 2 aromatic rings. The molecule has 0 atom stereocenters. The topological polar surface area (TPSA) is 75.7 Å². The Balaban J connectivity index is 1.84. The molecular weight excluding hydrogens is 368 g/mol. The highest BCUT2D eigenvalue weighted by Crippen LogP contribution is 2.20. The average Bonchev–Trinajstić information content (AvgIpc) is 2.63. The molecule has 0 saturated heterocycles. The van der Waals surface area contributed by atoms with Gasteiger partial charge in [0.1, 0.15) is 0 Å². The second-order valence-corrected chi connectivity index (χ2v) is 6.56. The number of carbonyl (C=O) groups is 3. The molecule has 0 aromatic heterocycles. The second kappa shape index (κ2) is 9.19. The molecule has 1 N–H and O–H groups in total. The number of nitrogens with one attached hydrogen (secondary N) is 1. The summed E-state index contributed by atoms with van der Waals surface area (Å²) in [6.07, 6.45) is 0. The van der Waals surface area contributed by atoms with Gasteiger partial charge in [0, 0.05) is 7.05 Å². The first kappa shape index (κ1) is 20.5. The molecule has 27 heavy (non-hydrogen) atoms. The summed E-state index contributed by atoms with van der Waals surface area (Å²) < 4.78 is 5.04. The molecule has 0 radical (unpaired) electrons. The zero-order valence-electron chi connectivity index (χ0n) is 15.4. The Bertz CT molecular complexity index is 867. The lowest BCUT2D eigenvalue weighted by molar-refractivity contribution is -0.136. The SMILES string of the molecule is Cc1ccc(C(=O)OCC(=O)N(C)CC(=O)Nc2ccccc2Cl)cc1C. The summed E-state index contributed by atoms with van der Waals surface area (Å²) >= 11 is 5.98. The predicted molar refractivity (Wildman–Crippen MR) is 104 cm³/mol. The molecule has 2 rings (SSSR count). The third-order valence-corrected chi connectivity index (χ3v) is 4.35. The Morgan fingerprint density at radius 3 is 2.44 bits per heavy atom. The number of rotatable bonds is 6. The van der Waals surface area contributed by atoms with E-state index < -0.39 is 24.4 Å². The number of aryl methyl sites for hydroxylation is 2. The van der Waals surface area contributed by atoms with Gasteiger partial charge in [0.15, 0.2) is 6.61 Å². The zero-order valence-corrected chi connectivity index (χ0v) is 16.2. The van der Waals surface area contributed by atoms with Crippen molar-refractivity contribution < 1.29 is 19.1 Å². The standard InChI is InChI=1S/C20H21ClN2O4/c1-13-8-9-15(10-14(13)2)20(26)27-12-19(25)23(3)11-18(24)22-17-7-5-4-6-16(17)21/h4-10H,11-12H2,1-3H3,(H,22,24). The van der Waals surface area contributed by atoms with Gasteiger partial charge in [-0.1, -0.05) is 29.8 Å². The first-order valence-corrected chi connectivity index (χ1v) is 8.68. The van der Waals surface area contributed by atoms with Crippen molar-refractivity contribution in [3.8, 4) is 0 Å². The monoisotopic (exact) mass is 388 g/mol. The molecule has 2 aromatic carbocycles. The van der Waals surface area contributed by atoms with E-state index in [4.69, 9.17) is 16.3 Å². The molecule has 0 unspecified atom stereocenters. The fourth-order valence-electron chi connectivity index (χ4n) is 2.25. The van der Waals surface area contributed by atoms with E-state index in [9.17, 15) is 14.4 Å². The maximum Gasteiger partial charge on any atom is 0.338 e. The van der Waals surface area contributed by atoms with E-state index in [1.165, 1.54) is 11.9 Å². The van der Waals surface area contributed by atoms with Crippen LogP contribution in [0.15, 0.2) is 42.5 Å². The van der Waals surface area contributed by atoms with Crippen molar-refractivity contribution in [1.29, 1.82) is 0 Å². The van der Waals surface area contributed by atoms with Crippen LogP contribution in [0, 0.1) is 13.8 Å². The summed E-state index contributed by atoms with van der Waals surface area (Å²) in [5.74, 6) is -1.47. The van der Waals surface area contributed by atoms with Crippen molar-refractivity contribution >= 4 is 35.1 Å². The number of carbonyl (C=O) groups excluding carboxylic acids is 3. The number of likely N-dealkylation sites (N-methyl/N-ethyl adjacent to an activating group) is 1. The first-order chi connectivity index (χ1) is 12.8. The van der Waals surface area contributed by atoms with Crippen LogP contribution in [0.25, 0.3) is 0 Å². The van der Waals surface area contributed by atoms with Crippen LogP contribution in [-0.4, -0.2) is 42.9 Å². The fraction of sp³-hybridized carbons (Fsp3) is 0.250. The Morgan fingerprint density at radius 2 is 1.78 bits per heavy atom. The number of esters is 1. The van der Waals surface area contributed by atoms with E-state index in [1.807, 2.05) is 19.9 Å². The van der Waals surface area contributed by atoms with Crippen molar-refractivity contribution in [3.05, 3.63) is 64.2 Å². The van der Waals surface area contributed by atoms with Crippen LogP contribution in [0.5, 0.6) is 0 Å². The summed E-state index contributed by atoms with van der Waals surface area (Å²) in [4.78, 5) is 37.4. The lowest BCUT2D eigenvalue weighted by atomic mass is 10.1. The van der Waals surface area contributed by atoms with Gasteiger partial charge in [0.05, 0.1) is 22.8 Å². The molecule has 142 valence electrons. The molecule has 0 aliphatic carbocycles. The molecule has 0 heterocycles. The summed E-state index contributed by atoms with van der Waals surface area (Å²) in [5.41, 5.74) is 2.87. The lowest BCUT2D eigenvalue weighted by Crippen LogP contribution is -2.37. The Labute approximate surface area is 163 Å². The minimum Gasteiger partial charge on any atom is -0.452 e. The van der Waals surface area contributed by atoms with Crippen LogP contribution in [0.4, 0.5) is 5.69 Å². The number of hydrogen-bond acceptors (Lipinski definition) is 4. The molecule has 0 fully saturated rings.